The van der Waals surface area contributed by atoms with Crippen molar-refractivity contribution >= 4 is 23.2 Å². The normalized spacial score (nSPS) is 26.0. The number of alkyl halides is 2. The number of rotatable bonds is 7. The fraction of sp³-hybridized carbons (Fsp3) is 0.680. The van der Waals surface area contributed by atoms with E-state index in [0.717, 1.165) is 50.5 Å². The van der Waals surface area contributed by atoms with Gasteiger partial charge >= 0.3 is 0 Å². The lowest BCUT2D eigenvalue weighted by molar-refractivity contribution is 0.158. The van der Waals surface area contributed by atoms with Gasteiger partial charge in [-0.3, -0.25) is 0 Å². The molecule has 0 bridgehead atoms. The summed E-state index contributed by atoms with van der Waals surface area (Å²) in [6.07, 6.45) is 6.54. The number of aliphatic hydroxyl groups excluding tert-OH is 1. The predicted molar refractivity (Wildman–Crippen MR) is 122 cm³/mol. The zero-order valence-corrected chi connectivity index (χ0v) is 19.4. The molecule has 0 aromatic heterocycles. The summed E-state index contributed by atoms with van der Waals surface area (Å²) in [5, 5.41) is 10.5. The third kappa shape index (κ3) is 6.98. The lowest BCUT2D eigenvalue weighted by atomic mass is 9.87. The highest BCUT2D eigenvalue weighted by Gasteiger charge is 2.41. The molecule has 2 rings (SSSR count). The summed E-state index contributed by atoms with van der Waals surface area (Å²) in [7, 11) is 0. The van der Waals surface area contributed by atoms with Gasteiger partial charge in [0, 0.05) is 29.0 Å². The second-order valence-electron chi connectivity index (χ2n) is 9.38. The van der Waals surface area contributed by atoms with Crippen molar-refractivity contribution in [1.29, 1.82) is 0 Å². The molecule has 156 valence electrons. The van der Waals surface area contributed by atoms with Crippen LogP contribution in [0.4, 0.5) is 0 Å². The Balaban J connectivity index is 2.04. The van der Waals surface area contributed by atoms with Gasteiger partial charge in [0.15, 0.2) is 0 Å². The smallest absolute Gasteiger partial charge is 0.0790 e. The van der Waals surface area contributed by atoms with Gasteiger partial charge in [-0.1, -0.05) is 70.7 Å². The van der Waals surface area contributed by atoms with Gasteiger partial charge < -0.3 is 5.11 Å². The first-order chi connectivity index (χ1) is 13.2. The van der Waals surface area contributed by atoms with Gasteiger partial charge in [-0.15, -0.1) is 29.1 Å². The third-order valence-electron chi connectivity index (χ3n) is 5.65. The quantitative estimate of drug-likeness (QED) is 0.274. The van der Waals surface area contributed by atoms with Crippen LogP contribution in [0.3, 0.4) is 0 Å². The van der Waals surface area contributed by atoms with Crippen LogP contribution in [-0.2, 0) is 0 Å². The van der Waals surface area contributed by atoms with Crippen LogP contribution in [0, 0.1) is 23.2 Å². The average Bonchev–Trinajstić information content (AvgIpc) is 2.91. The molecule has 0 heterocycles. The second-order valence-corrected chi connectivity index (χ2v) is 10.5. The molecule has 1 aromatic carbocycles. The first kappa shape index (κ1) is 23.6. The highest BCUT2D eigenvalue weighted by Crippen LogP contribution is 2.45. The highest BCUT2D eigenvalue weighted by molar-refractivity contribution is 6.25. The molecule has 0 spiro atoms. The Morgan fingerprint density at radius 2 is 1.79 bits per heavy atom. The van der Waals surface area contributed by atoms with Crippen LogP contribution in [0.5, 0.6) is 0 Å². The molecular formula is C25H36Cl2O. The fourth-order valence-electron chi connectivity index (χ4n) is 3.94. The Bertz CT molecular complexity index is 650. The molecule has 0 aliphatic heterocycles. The summed E-state index contributed by atoms with van der Waals surface area (Å²) in [4.78, 5) is 0. The first-order valence-electron chi connectivity index (χ1n) is 10.8. The van der Waals surface area contributed by atoms with Gasteiger partial charge in [0.1, 0.15) is 0 Å². The molecule has 0 amide bonds. The summed E-state index contributed by atoms with van der Waals surface area (Å²) in [6, 6.07) is 8.31. The Labute approximate surface area is 182 Å². The van der Waals surface area contributed by atoms with Crippen molar-refractivity contribution in [2.45, 2.75) is 95.4 Å². The highest BCUT2D eigenvalue weighted by atomic mass is 35.5. The van der Waals surface area contributed by atoms with Crippen molar-refractivity contribution in [1.82, 2.24) is 0 Å². The molecular weight excluding hydrogens is 387 g/mol. The van der Waals surface area contributed by atoms with Crippen LogP contribution < -0.4 is 0 Å². The van der Waals surface area contributed by atoms with Crippen LogP contribution in [-0.4, -0.2) is 15.9 Å². The van der Waals surface area contributed by atoms with Crippen molar-refractivity contribution < 1.29 is 5.11 Å². The molecule has 1 fully saturated rings. The molecule has 5 unspecified atom stereocenters. The maximum atomic E-state index is 10.5. The van der Waals surface area contributed by atoms with E-state index in [1.54, 1.807) is 0 Å². The SMILES string of the molecule is CCCCC#CC1C(Cl)CC(Cl)C1c1ccc(C(O)CCCC(C)(C)C)cc1. The van der Waals surface area contributed by atoms with Gasteiger partial charge in [0.2, 0.25) is 0 Å². The van der Waals surface area contributed by atoms with Crippen molar-refractivity contribution in [2.24, 2.45) is 11.3 Å². The summed E-state index contributed by atoms with van der Waals surface area (Å²) < 4.78 is 0. The molecule has 28 heavy (non-hydrogen) atoms. The van der Waals surface area contributed by atoms with Gasteiger partial charge in [-0.05, 0) is 42.2 Å². The molecule has 5 atom stereocenters. The lowest BCUT2D eigenvalue weighted by Crippen LogP contribution is -2.15. The van der Waals surface area contributed by atoms with Gasteiger partial charge in [-0.2, -0.15) is 0 Å². The number of benzene rings is 1. The van der Waals surface area contributed by atoms with Gasteiger partial charge in [0.05, 0.1) is 6.10 Å². The minimum atomic E-state index is -0.405. The van der Waals surface area contributed by atoms with E-state index in [1.807, 2.05) is 12.1 Å². The van der Waals surface area contributed by atoms with E-state index in [4.69, 9.17) is 23.2 Å². The Morgan fingerprint density at radius 3 is 2.39 bits per heavy atom. The van der Waals surface area contributed by atoms with Crippen LogP contribution in [0.2, 0.25) is 0 Å². The van der Waals surface area contributed by atoms with Crippen molar-refractivity contribution in [3.05, 3.63) is 35.4 Å². The number of aliphatic hydroxyl groups is 1. The van der Waals surface area contributed by atoms with E-state index in [9.17, 15) is 5.11 Å². The monoisotopic (exact) mass is 422 g/mol. The van der Waals surface area contributed by atoms with Crippen molar-refractivity contribution in [3.63, 3.8) is 0 Å². The maximum Gasteiger partial charge on any atom is 0.0790 e. The number of hydrogen-bond acceptors (Lipinski definition) is 1. The summed E-state index contributed by atoms with van der Waals surface area (Å²) in [5.41, 5.74) is 2.48. The van der Waals surface area contributed by atoms with Crippen LogP contribution in [0.25, 0.3) is 0 Å². The number of halogens is 2. The molecule has 1 N–H and O–H groups in total. The van der Waals surface area contributed by atoms with Crippen LogP contribution >= 0.6 is 23.2 Å². The van der Waals surface area contributed by atoms with E-state index in [0.29, 0.717) is 5.41 Å². The molecule has 1 saturated carbocycles. The topological polar surface area (TPSA) is 20.2 Å². The molecule has 0 saturated heterocycles. The largest absolute Gasteiger partial charge is 0.388 e. The van der Waals surface area contributed by atoms with Crippen LogP contribution in [0.1, 0.15) is 95.8 Å². The minimum absolute atomic E-state index is 0.00397. The zero-order chi connectivity index (χ0) is 20.7. The Hall–Kier alpha value is -0.680. The molecule has 1 aliphatic rings. The second kappa shape index (κ2) is 10.9. The van der Waals surface area contributed by atoms with E-state index >= 15 is 0 Å². The van der Waals surface area contributed by atoms with Gasteiger partial charge in [-0.25, -0.2) is 0 Å². The minimum Gasteiger partial charge on any atom is -0.388 e. The fourth-order valence-corrected chi connectivity index (χ4v) is 4.94. The Morgan fingerprint density at radius 1 is 1.11 bits per heavy atom. The summed E-state index contributed by atoms with van der Waals surface area (Å²) in [5.74, 6) is 6.98. The van der Waals surface area contributed by atoms with Crippen molar-refractivity contribution in [3.8, 4) is 11.8 Å². The number of unbranched alkanes of at least 4 members (excludes halogenated alkanes) is 2. The molecule has 3 heteroatoms. The zero-order valence-electron chi connectivity index (χ0n) is 17.8. The number of hydrogen-bond donors (Lipinski definition) is 1. The van der Waals surface area contributed by atoms with E-state index in [2.05, 4.69) is 51.7 Å². The molecule has 1 nitrogen and oxygen atoms in total. The third-order valence-corrected chi connectivity index (χ3v) is 6.55. The van der Waals surface area contributed by atoms with E-state index in [1.165, 1.54) is 5.56 Å². The predicted octanol–water partition coefficient (Wildman–Crippen LogP) is 7.45. The lowest BCUT2D eigenvalue weighted by Gasteiger charge is -2.21. The Kier molecular flexibility index (Phi) is 9.20. The van der Waals surface area contributed by atoms with Crippen LogP contribution in [0.15, 0.2) is 24.3 Å². The first-order valence-corrected chi connectivity index (χ1v) is 11.6. The van der Waals surface area contributed by atoms with Gasteiger partial charge in [0.25, 0.3) is 0 Å². The average molecular weight is 423 g/mol. The molecule has 1 aliphatic carbocycles. The van der Waals surface area contributed by atoms with Crippen molar-refractivity contribution in [2.75, 3.05) is 0 Å². The summed E-state index contributed by atoms with van der Waals surface area (Å²) in [6.45, 7) is 8.90. The molecule has 0 radical (unpaired) electrons. The maximum absolute atomic E-state index is 10.5. The standard InChI is InChI=1S/C25H36Cl2O/c1-5-6-7-8-10-20-21(26)17-22(27)24(20)19-14-12-18(13-15-19)23(28)11-9-16-25(2,3)4/h12-15,20-24,28H,5-7,9,11,16-17H2,1-4H3. The van der Waals surface area contributed by atoms with E-state index in [-0.39, 0.29) is 22.6 Å². The molecule has 1 aromatic rings. The van der Waals surface area contributed by atoms with E-state index < -0.39 is 6.10 Å². The summed E-state index contributed by atoms with van der Waals surface area (Å²) >= 11 is 13.2.